The van der Waals surface area contributed by atoms with Crippen LogP contribution < -0.4 is 4.90 Å². The second-order valence-corrected chi connectivity index (χ2v) is 6.54. The molecule has 0 saturated carbocycles. The predicted molar refractivity (Wildman–Crippen MR) is 89.8 cm³/mol. The van der Waals surface area contributed by atoms with Crippen molar-refractivity contribution in [3.05, 3.63) is 24.2 Å². The molecule has 1 unspecified atom stereocenters. The molecule has 2 aliphatic heterocycles. The van der Waals surface area contributed by atoms with Gasteiger partial charge in [-0.25, -0.2) is 4.98 Å². The second-order valence-electron chi connectivity index (χ2n) is 6.54. The Hall–Kier alpha value is -1.99. The Morgan fingerprint density at radius 2 is 2.12 bits per heavy atom. The fourth-order valence-corrected chi connectivity index (χ4v) is 3.46. The lowest BCUT2D eigenvalue weighted by molar-refractivity contribution is 0.164. The van der Waals surface area contributed by atoms with Gasteiger partial charge in [0.25, 0.3) is 5.89 Å². The number of hydrogen-bond acceptors (Lipinski definition) is 7. The third kappa shape index (κ3) is 3.27. The summed E-state index contributed by atoms with van der Waals surface area (Å²) in [5, 5.41) is 3.90. The van der Waals surface area contributed by atoms with Gasteiger partial charge < -0.3 is 14.2 Å². The zero-order chi connectivity index (χ0) is 16.4. The summed E-state index contributed by atoms with van der Waals surface area (Å²) < 4.78 is 10.8. The Labute approximate surface area is 141 Å². The predicted octanol–water partition coefficient (Wildman–Crippen LogP) is 1.60. The molecule has 1 atom stereocenters. The first-order chi connectivity index (χ1) is 11.8. The number of nitrogens with zero attached hydrogens (tertiary/aromatic N) is 5. The van der Waals surface area contributed by atoms with Crippen molar-refractivity contribution in [2.24, 2.45) is 5.92 Å². The van der Waals surface area contributed by atoms with Crippen LogP contribution in [-0.2, 0) is 4.74 Å². The summed E-state index contributed by atoms with van der Waals surface area (Å²) in [6.45, 7) is 8.84. The Kier molecular flexibility index (Phi) is 4.44. The van der Waals surface area contributed by atoms with E-state index in [-0.39, 0.29) is 0 Å². The first-order valence-electron chi connectivity index (χ1n) is 8.60. The Bertz CT molecular complexity index is 675. The highest BCUT2D eigenvalue weighted by atomic mass is 16.5. The summed E-state index contributed by atoms with van der Waals surface area (Å²) >= 11 is 0. The number of piperazine rings is 1. The quantitative estimate of drug-likeness (QED) is 0.844. The molecule has 2 fully saturated rings. The molecule has 0 amide bonds. The van der Waals surface area contributed by atoms with Crippen LogP contribution in [0.5, 0.6) is 0 Å². The highest BCUT2D eigenvalue weighted by molar-refractivity contribution is 5.69. The normalized spacial score (nSPS) is 22.2. The summed E-state index contributed by atoms with van der Waals surface area (Å²) in [4.78, 5) is 13.8. The molecule has 7 nitrogen and oxygen atoms in total. The van der Waals surface area contributed by atoms with E-state index in [1.807, 2.05) is 25.3 Å². The van der Waals surface area contributed by atoms with Crippen LogP contribution >= 0.6 is 0 Å². The van der Waals surface area contributed by atoms with E-state index >= 15 is 0 Å². The molecule has 0 radical (unpaired) electrons. The van der Waals surface area contributed by atoms with Crippen molar-refractivity contribution < 1.29 is 9.26 Å². The largest absolute Gasteiger partial charge is 0.381 e. The van der Waals surface area contributed by atoms with Crippen LogP contribution in [-0.4, -0.2) is 66.0 Å². The van der Waals surface area contributed by atoms with E-state index in [0.29, 0.717) is 17.6 Å². The summed E-state index contributed by atoms with van der Waals surface area (Å²) in [6.07, 6.45) is 3.02. The molecule has 2 aliphatic rings. The maximum absolute atomic E-state index is 5.49. The monoisotopic (exact) mass is 329 g/mol. The van der Waals surface area contributed by atoms with Gasteiger partial charge in [-0.2, -0.15) is 4.98 Å². The van der Waals surface area contributed by atoms with Gasteiger partial charge in [0, 0.05) is 45.5 Å². The minimum atomic E-state index is 0.543. The molecule has 0 N–H and O–H groups in total. The summed E-state index contributed by atoms with van der Waals surface area (Å²) in [6, 6.07) is 3.91. The molecule has 4 heterocycles. The average molecular weight is 329 g/mol. The zero-order valence-electron chi connectivity index (χ0n) is 14.0. The van der Waals surface area contributed by atoms with Gasteiger partial charge in [0.1, 0.15) is 5.82 Å². The van der Waals surface area contributed by atoms with Crippen molar-refractivity contribution in [2.45, 2.75) is 13.3 Å². The van der Waals surface area contributed by atoms with E-state index in [9.17, 15) is 0 Å². The number of hydrogen-bond donors (Lipinski definition) is 0. The topological polar surface area (TPSA) is 67.5 Å². The smallest absolute Gasteiger partial charge is 0.261 e. The second kappa shape index (κ2) is 6.86. The SMILES string of the molecule is Cc1noc(-c2cccnc2N2CCN(CC3CCOC3)CC2)n1. The molecular formula is C17H23N5O2. The van der Waals surface area contributed by atoms with Gasteiger partial charge in [-0.05, 0) is 31.4 Å². The number of ether oxygens (including phenoxy) is 1. The third-order valence-electron chi connectivity index (χ3n) is 4.76. The maximum atomic E-state index is 5.49. The highest BCUT2D eigenvalue weighted by Crippen LogP contribution is 2.28. The zero-order valence-corrected chi connectivity index (χ0v) is 14.0. The lowest BCUT2D eigenvalue weighted by Crippen LogP contribution is -2.48. The van der Waals surface area contributed by atoms with Crippen LogP contribution in [0.3, 0.4) is 0 Å². The number of rotatable bonds is 4. The van der Waals surface area contributed by atoms with E-state index in [2.05, 4.69) is 24.9 Å². The van der Waals surface area contributed by atoms with Crippen molar-refractivity contribution in [3.63, 3.8) is 0 Å². The van der Waals surface area contributed by atoms with Gasteiger partial charge in [0.2, 0.25) is 0 Å². The number of aryl methyl sites for hydroxylation is 1. The lowest BCUT2D eigenvalue weighted by atomic mass is 10.1. The van der Waals surface area contributed by atoms with Crippen LogP contribution in [0.2, 0.25) is 0 Å². The number of aromatic nitrogens is 3. The van der Waals surface area contributed by atoms with Gasteiger partial charge in [0.05, 0.1) is 12.2 Å². The van der Waals surface area contributed by atoms with Crippen molar-refractivity contribution in [2.75, 3.05) is 50.8 Å². The van der Waals surface area contributed by atoms with Crippen LogP contribution in [0.25, 0.3) is 11.5 Å². The average Bonchev–Trinajstić information content (AvgIpc) is 3.27. The van der Waals surface area contributed by atoms with E-state index in [1.165, 1.54) is 6.42 Å². The van der Waals surface area contributed by atoms with Crippen molar-refractivity contribution in [1.82, 2.24) is 20.0 Å². The molecule has 0 spiro atoms. The van der Waals surface area contributed by atoms with Crippen LogP contribution in [0, 0.1) is 12.8 Å². The maximum Gasteiger partial charge on any atom is 0.261 e. The summed E-state index contributed by atoms with van der Waals surface area (Å²) in [7, 11) is 0. The van der Waals surface area contributed by atoms with Gasteiger partial charge in [-0.15, -0.1) is 0 Å². The van der Waals surface area contributed by atoms with Gasteiger partial charge in [0.15, 0.2) is 5.82 Å². The molecular weight excluding hydrogens is 306 g/mol. The number of anilines is 1. The van der Waals surface area contributed by atoms with Crippen molar-refractivity contribution in [3.8, 4) is 11.5 Å². The molecule has 2 aromatic rings. The lowest BCUT2D eigenvalue weighted by Gasteiger charge is -2.36. The first-order valence-corrected chi connectivity index (χ1v) is 8.60. The van der Waals surface area contributed by atoms with Crippen molar-refractivity contribution >= 4 is 5.82 Å². The van der Waals surface area contributed by atoms with E-state index < -0.39 is 0 Å². The first kappa shape index (κ1) is 15.5. The molecule has 24 heavy (non-hydrogen) atoms. The van der Waals surface area contributed by atoms with Crippen LogP contribution in [0.4, 0.5) is 5.82 Å². The molecule has 0 bridgehead atoms. The molecule has 0 aliphatic carbocycles. The fourth-order valence-electron chi connectivity index (χ4n) is 3.46. The standard InChI is InChI=1S/C17H23N5O2/c1-13-19-17(24-20-13)15-3-2-5-18-16(15)22-8-6-21(7-9-22)11-14-4-10-23-12-14/h2-3,5,14H,4,6-12H2,1H3. The minimum Gasteiger partial charge on any atom is -0.381 e. The molecule has 0 aromatic carbocycles. The molecule has 4 rings (SSSR count). The highest BCUT2D eigenvalue weighted by Gasteiger charge is 2.25. The molecule has 2 saturated heterocycles. The van der Waals surface area contributed by atoms with Gasteiger partial charge in [-0.1, -0.05) is 5.16 Å². The van der Waals surface area contributed by atoms with E-state index in [4.69, 9.17) is 9.26 Å². The van der Waals surface area contributed by atoms with E-state index in [1.54, 1.807) is 0 Å². The van der Waals surface area contributed by atoms with Gasteiger partial charge in [-0.3, -0.25) is 4.90 Å². The van der Waals surface area contributed by atoms with Crippen LogP contribution in [0.1, 0.15) is 12.2 Å². The third-order valence-corrected chi connectivity index (χ3v) is 4.76. The van der Waals surface area contributed by atoms with Crippen molar-refractivity contribution in [1.29, 1.82) is 0 Å². The minimum absolute atomic E-state index is 0.543. The van der Waals surface area contributed by atoms with Crippen LogP contribution in [0.15, 0.2) is 22.9 Å². The molecule has 2 aromatic heterocycles. The Morgan fingerprint density at radius 1 is 1.25 bits per heavy atom. The Balaban J connectivity index is 1.44. The van der Waals surface area contributed by atoms with Gasteiger partial charge >= 0.3 is 0 Å². The Morgan fingerprint density at radius 3 is 2.83 bits per heavy atom. The molecule has 128 valence electrons. The fraction of sp³-hybridized carbons (Fsp3) is 0.588. The number of pyridine rings is 1. The molecule has 7 heteroatoms. The van der Waals surface area contributed by atoms with E-state index in [0.717, 1.165) is 57.3 Å². The summed E-state index contributed by atoms with van der Waals surface area (Å²) in [5.41, 5.74) is 0.913. The summed E-state index contributed by atoms with van der Waals surface area (Å²) in [5.74, 6) is 2.82.